The third kappa shape index (κ3) is 2.78. The fourth-order valence-corrected chi connectivity index (χ4v) is 2.88. The normalized spacial score (nSPS) is 11.4. The summed E-state index contributed by atoms with van der Waals surface area (Å²) in [6.45, 7) is 4.35. The zero-order valence-corrected chi connectivity index (χ0v) is 13.1. The van der Waals surface area contributed by atoms with Crippen LogP contribution in [-0.4, -0.2) is 22.5 Å². The number of aromatic nitrogens is 2. The van der Waals surface area contributed by atoms with Crippen LogP contribution in [0.2, 0.25) is 0 Å². The molecule has 0 aliphatic heterocycles. The fraction of sp³-hybridized carbons (Fsp3) is 0.188. The van der Waals surface area contributed by atoms with Crippen molar-refractivity contribution in [2.45, 2.75) is 13.8 Å². The van der Waals surface area contributed by atoms with Crippen LogP contribution in [0.3, 0.4) is 0 Å². The molecule has 0 atom stereocenters. The highest BCUT2D eigenvalue weighted by molar-refractivity contribution is 7.16. The first-order valence-corrected chi connectivity index (χ1v) is 7.81. The standard InChI is InChI=1S/C16H15N3O2S/c1-3-21-13-6-4-12(5-7-13)10-17-19-11(2)18-15-14(16(19)20)8-9-22-15/h4-10H,3H2,1-2H3/b17-10-. The largest absolute Gasteiger partial charge is 0.494 e. The molecule has 0 aliphatic carbocycles. The molecule has 2 heterocycles. The van der Waals surface area contributed by atoms with E-state index in [0.717, 1.165) is 16.1 Å². The Morgan fingerprint density at radius 1 is 1.32 bits per heavy atom. The van der Waals surface area contributed by atoms with Gasteiger partial charge in [0.2, 0.25) is 0 Å². The van der Waals surface area contributed by atoms with Crippen LogP contribution in [-0.2, 0) is 0 Å². The highest BCUT2D eigenvalue weighted by Crippen LogP contribution is 2.15. The van der Waals surface area contributed by atoms with Gasteiger partial charge < -0.3 is 4.74 Å². The number of nitrogens with zero attached hydrogens (tertiary/aromatic N) is 3. The Bertz CT molecular complexity index is 879. The van der Waals surface area contributed by atoms with Crippen LogP contribution in [0, 0.1) is 6.92 Å². The first kappa shape index (κ1) is 14.5. The minimum absolute atomic E-state index is 0.147. The van der Waals surface area contributed by atoms with Gasteiger partial charge in [-0.2, -0.15) is 9.78 Å². The summed E-state index contributed by atoms with van der Waals surface area (Å²) in [6.07, 6.45) is 1.64. The van der Waals surface area contributed by atoms with Crippen molar-refractivity contribution >= 4 is 27.8 Å². The van der Waals surface area contributed by atoms with E-state index in [1.807, 2.05) is 36.6 Å². The van der Waals surface area contributed by atoms with Gasteiger partial charge in [-0.15, -0.1) is 11.3 Å². The second-order valence-electron chi connectivity index (χ2n) is 4.66. The molecule has 1 aromatic carbocycles. The van der Waals surface area contributed by atoms with Crippen LogP contribution >= 0.6 is 11.3 Å². The number of hydrogen-bond donors (Lipinski definition) is 0. The minimum Gasteiger partial charge on any atom is -0.494 e. The fourth-order valence-electron chi connectivity index (χ4n) is 2.08. The van der Waals surface area contributed by atoms with Gasteiger partial charge in [0.1, 0.15) is 16.4 Å². The van der Waals surface area contributed by atoms with Crippen LogP contribution < -0.4 is 10.3 Å². The lowest BCUT2D eigenvalue weighted by Crippen LogP contribution is -2.19. The maximum atomic E-state index is 12.4. The van der Waals surface area contributed by atoms with E-state index in [1.165, 1.54) is 16.0 Å². The van der Waals surface area contributed by atoms with Crippen molar-refractivity contribution in [3.63, 3.8) is 0 Å². The maximum Gasteiger partial charge on any atom is 0.282 e. The van der Waals surface area contributed by atoms with Gasteiger partial charge in [-0.3, -0.25) is 4.79 Å². The molecule has 5 nitrogen and oxygen atoms in total. The van der Waals surface area contributed by atoms with Crippen molar-refractivity contribution in [3.05, 3.63) is 57.5 Å². The highest BCUT2D eigenvalue weighted by atomic mass is 32.1. The molecule has 6 heteroatoms. The molecular weight excluding hydrogens is 298 g/mol. The zero-order chi connectivity index (χ0) is 15.5. The average Bonchev–Trinajstić information content (AvgIpc) is 2.97. The van der Waals surface area contributed by atoms with Gasteiger partial charge in [-0.05, 0) is 55.1 Å². The predicted molar refractivity (Wildman–Crippen MR) is 89.2 cm³/mol. The van der Waals surface area contributed by atoms with Crippen molar-refractivity contribution in [2.75, 3.05) is 6.61 Å². The van der Waals surface area contributed by atoms with Gasteiger partial charge in [0, 0.05) is 0 Å². The number of aryl methyl sites for hydroxylation is 1. The summed E-state index contributed by atoms with van der Waals surface area (Å²) in [4.78, 5) is 17.5. The van der Waals surface area contributed by atoms with E-state index in [1.54, 1.807) is 19.2 Å². The Kier molecular flexibility index (Phi) is 4.02. The average molecular weight is 313 g/mol. The van der Waals surface area contributed by atoms with E-state index in [9.17, 15) is 4.79 Å². The summed E-state index contributed by atoms with van der Waals surface area (Å²) >= 11 is 1.45. The molecule has 2 aromatic heterocycles. The Morgan fingerprint density at radius 2 is 2.09 bits per heavy atom. The Hall–Kier alpha value is -2.47. The van der Waals surface area contributed by atoms with Crippen molar-refractivity contribution in [1.29, 1.82) is 0 Å². The smallest absolute Gasteiger partial charge is 0.282 e. The van der Waals surface area contributed by atoms with Crippen molar-refractivity contribution in [3.8, 4) is 5.75 Å². The molecule has 0 spiro atoms. The molecule has 112 valence electrons. The van der Waals surface area contributed by atoms with E-state index in [0.29, 0.717) is 17.8 Å². The third-order valence-electron chi connectivity index (χ3n) is 3.15. The number of rotatable bonds is 4. The molecule has 3 aromatic rings. The van der Waals surface area contributed by atoms with E-state index in [-0.39, 0.29) is 5.56 Å². The lowest BCUT2D eigenvalue weighted by Gasteiger charge is -2.04. The van der Waals surface area contributed by atoms with E-state index < -0.39 is 0 Å². The van der Waals surface area contributed by atoms with Gasteiger partial charge in [-0.25, -0.2) is 4.98 Å². The number of ether oxygens (including phenoxy) is 1. The quantitative estimate of drug-likeness (QED) is 0.696. The number of thiophene rings is 1. The molecule has 0 fully saturated rings. The molecule has 0 N–H and O–H groups in total. The summed E-state index contributed by atoms with van der Waals surface area (Å²) in [5.41, 5.74) is 0.742. The van der Waals surface area contributed by atoms with E-state index in [4.69, 9.17) is 4.74 Å². The monoisotopic (exact) mass is 313 g/mol. The van der Waals surface area contributed by atoms with Crippen LogP contribution in [0.15, 0.2) is 45.6 Å². The number of hydrogen-bond acceptors (Lipinski definition) is 5. The first-order valence-electron chi connectivity index (χ1n) is 6.93. The number of benzene rings is 1. The summed E-state index contributed by atoms with van der Waals surface area (Å²) in [6, 6.07) is 9.32. The molecule has 0 saturated carbocycles. The lowest BCUT2D eigenvalue weighted by molar-refractivity contribution is 0.340. The van der Waals surface area contributed by atoms with Crippen LogP contribution in [0.4, 0.5) is 0 Å². The van der Waals surface area contributed by atoms with Gasteiger partial charge in [-0.1, -0.05) is 0 Å². The Labute approximate surface area is 131 Å². The molecule has 3 rings (SSSR count). The first-order chi connectivity index (χ1) is 10.7. The molecule has 0 saturated heterocycles. The summed E-state index contributed by atoms with van der Waals surface area (Å²) < 4.78 is 6.72. The maximum absolute atomic E-state index is 12.4. The molecular formula is C16H15N3O2S. The lowest BCUT2D eigenvalue weighted by atomic mass is 10.2. The van der Waals surface area contributed by atoms with Crippen molar-refractivity contribution in [1.82, 2.24) is 9.66 Å². The van der Waals surface area contributed by atoms with Crippen LogP contribution in [0.25, 0.3) is 10.2 Å². The summed E-state index contributed by atoms with van der Waals surface area (Å²) in [5, 5.41) is 6.72. The SMILES string of the molecule is CCOc1ccc(/C=N\n2c(C)nc3sccc3c2=O)cc1. The molecule has 0 unspecified atom stereocenters. The molecule has 0 aliphatic rings. The molecule has 22 heavy (non-hydrogen) atoms. The predicted octanol–water partition coefficient (Wildman–Crippen LogP) is 3.05. The van der Waals surface area contributed by atoms with Gasteiger partial charge >= 0.3 is 0 Å². The second kappa shape index (κ2) is 6.11. The highest BCUT2D eigenvalue weighted by Gasteiger charge is 2.07. The number of fused-ring (bicyclic) bond motifs is 1. The third-order valence-corrected chi connectivity index (χ3v) is 3.96. The topological polar surface area (TPSA) is 56.5 Å². The Balaban J connectivity index is 1.93. The van der Waals surface area contributed by atoms with Gasteiger partial charge in [0.05, 0.1) is 18.2 Å². The second-order valence-corrected chi connectivity index (χ2v) is 5.56. The minimum atomic E-state index is -0.147. The molecule has 0 radical (unpaired) electrons. The summed E-state index contributed by atoms with van der Waals surface area (Å²) in [7, 11) is 0. The van der Waals surface area contributed by atoms with Gasteiger partial charge in [0.15, 0.2) is 0 Å². The van der Waals surface area contributed by atoms with Crippen molar-refractivity contribution in [2.24, 2.45) is 5.10 Å². The molecule has 0 amide bonds. The van der Waals surface area contributed by atoms with Crippen molar-refractivity contribution < 1.29 is 4.74 Å². The van der Waals surface area contributed by atoms with Gasteiger partial charge in [0.25, 0.3) is 5.56 Å². The van der Waals surface area contributed by atoms with E-state index >= 15 is 0 Å². The molecule has 0 bridgehead atoms. The van der Waals surface area contributed by atoms with Crippen LogP contribution in [0.1, 0.15) is 18.3 Å². The van der Waals surface area contributed by atoms with Crippen LogP contribution in [0.5, 0.6) is 5.75 Å². The zero-order valence-electron chi connectivity index (χ0n) is 12.3. The van der Waals surface area contributed by atoms with E-state index in [2.05, 4.69) is 10.1 Å². The summed E-state index contributed by atoms with van der Waals surface area (Å²) in [5.74, 6) is 1.39. The Morgan fingerprint density at radius 3 is 2.82 bits per heavy atom.